The number of nitrogens with one attached hydrogen (secondary N) is 2. The van der Waals surface area contributed by atoms with Gasteiger partial charge in [-0.2, -0.15) is 0 Å². The highest BCUT2D eigenvalue weighted by molar-refractivity contribution is 6.30. The van der Waals surface area contributed by atoms with Crippen molar-refractivity contribution in [2.24, 2.45) is 0 Å². The minimum atomic E-state index is 0.770. The van der Waals surface area contributed by atoms with E-state index in [-0.39, 0.29) is 0 Å². The third kappa shape index (κ3) is 2.34. The summed E-state index contributed by atoms with van der Waals surface area (Å²) in [5, 5.41) is 5.40. The first-order valence-corrected chi connectivity index (χ1v) is 6.24. The monoisotopic (exact) mass is 256 g/mol. The van der Waals surface area contributed by atoms with Gasteiger partial charge in [-0.1, -0.05) is 29.8 Å². The molecule has 0 amide bonds. The lowest BCUT2D eigenvalue weighted by Crippen LogP contribution is -1.98. The zero-order valence-corrected chi connectivity index (χ0v) is 10.5. The molecule has 2 nitrogen and oxygen atoms in total. The molecule has 18 heavy (non-hydrogen) atoms. The Balaban J connectivity index is 1.74. The summed E-state index contributed by atoms with van der Waals surface area (Å²) in [5.41, 5.74) is 3.47. The molecule has 2 N–H and O–H groups in total. The van der Waals surface area contributed by atoms with Crippen molar-refractivity contribution in [3.05, 3.63) is 65.3 Å². The fourth-order valence-electron chi connectivity index (χ4n) is 1.96. The van der Waals surface area contributed by atoms with Crippen molar-refractivity contribution in [3.63, 3.8) is 0 Å². The number of aromatic amines is 1. The number of benzene rings is 2. The summed E-state index contributed by atoms with van der Waals surface area (Å²) in [6.07, 6.45) is 1.95. The van der Waals surface area contributed by atoms with Crippen LogP contribution in [0.2, 0.25) is 5.02 Å². The van der Waals surface area contributed by atoms with Gasteiger partial charge in [0.2, 0.25) is 0 Å². The predicted octanol–water partition coefficient (Wildman–Crippen LogP) is 4.43. The van der Waals surface area contributed by atoms with Crippen molar-refractivity contribution in [2.45, 2.75) is 6.54 Å². The maximum Gasteiger partial charge on any atom is 0.0474 e. The molecule has 1 heterocycles. The zero-order valence-electron chi connectivity index (χ0n) is 9.78. The van der Waals surface area contributed by atoms with E-state index in [2.05, 4.69) is 34.6 Å². The van der Waals surface area contributed by atoms with Gasteiger partial charge in [0.1, 0.15) is 0 Å². The maximum atomic E-state index is 5.86. The molecule has 0 unspecified atom stereocenters. The molecule has 0 bridgehead atoms. The first-order valence-electron chi connectivity index (χ1n) is 5.87. The average Bonchev–Trinajstić information content (AvgIpc) is 2.85. The average molecular weight is 257 g/mol. The van der Waals surface area contributed by atoms with Crippen LogP contribution >= 0.6 is 11.6 Å². The highest BCUT2D eigenvalue weighted by Crippen LogP contribution is 2.18. The lowest BCUT2D eigenvalue weighted by molar-refractivity contribution is 1.15. The van der Waals surface area contributed by atoms with Crippen LogP contribution in [0.4, 0.5) is 5.69 Å². The Morgan fingerprint density at radius 1 is 1.00 bits per heavy atom. The van der Waals surface area contributed by atoms with Crippen LogP contribution < -0.4 is 5.32 Å². The van der Waals surface area contributed by atoms with E-state index < -0.39 is 0 Å². The van der Waals surface area contributed by atoms with Gasteiger partial charge in [-0.25, -0.2) is 0 Å². The number of hydrogen-bond acceptors (Lipinski definition) is 1. The molecule has 90 valence electrons. The first-order chi connectivity index (χ1) is 8.81. The van der Waals surface area contributed by atoms with E-state index in [1.54, 1.807) is 0 Å². The lowest BCUT2D eigenvalue weighted by Gasteiger charge is -2.06. The molecule has 0 saturated heterocycles. The SMILES string of the molecule is Clc1ccc(CNc2ccc3cc[nH]c3c2)cc1. The van der Waals surface area contributed by atoms with E-state index in [1.165, 1.54) is 10.9 Å². The molecule has 0 spiro atoms. The number of rotatable bonds is 3. The van der Waals surface area contributed by atoms with Crippen LogP contribution in [0.15, 0.2) is 54.7 Å². The Hall–Kier alpha value is -1.93. The molecular formula is C15H13ClN2. The molecule has 0 radical (unpaired) electrons. The van der Waals surface area contributed by atoms with Crippen molar-refractivity contribution >= 4 is 28.2 Å². The third-order valence-corrected chi connectivity index (χ3v) is 3.22. The largest absolute Gasteiger partial charge is 0.381 e. The summed E-state index contributed by atoms with van der Waals surface area (Å²) in [6.45, 7) is 0.795. The number of anilines is 1. The highest BCUT2D eigenvalue weighted by Gasteiger charge is 1.97. The Labute approximate surface area is 111 Å². The Morgan fingerprint density at radius 3 is 2.67 bits per heavy atom. The minimum Gasteiger partial charge on any atom is -0.381 e. The molecule has 0 aliphatic heterocycles. The van der Waals surface area contributed by atoms with Gasteiger partial charge in [-0.15, -0.1) is 0 Å². The second kappa shape index (κ2) is 4.75. The van der Waals surface area contributed by atoms with Gasteiger partial charge in [0.05, 0.1) is 0 Å². The molecular weight excluding hydrogens is 244 g/mol. The van der Waals surface area contributed by atoms with Crippen molar-refractivity contribution < 1.29 is 0 Å². The second-order valence-corrected chi connectivity index (χ2v) is 4.70. The third-order valence-electron chi connectivity index (χ3n) is 2.96. The molecule has 0 saturated carbocycles. The van der Waals surface area contributed by atoms with Crippen LogP contribution in [0, 0.1) is 0 Å². The minimum absolute atomic E-state index is 0.770. The Bertz CT molecular complexity index is 656. The summed E-state index contributed by atoms with van der Waals surface area (Å²) < 4.78 is 0. The topological polar surface area (TPSA) is 27.8 Å². The van der Waals surface area contributed by atoms with E-state index in [0.29, 0.717) is 0 Å². The van der Waals surface area contributed by atoms with Crippen molar-refractivity contribution in [3.8, 4) is 0 Å². The van der Waals surface area contributed by atoms with Crippen molar-refractivity contribution in [1.82, 2.24) is 4.98 Å². The summed E-state index contributed by atoms with van der Waals surface area (Å²) in [6, 6.07) is 16.3. The van der Waals surface area contributed by atoms with E-state index in [4.69, 9.17) is 11.6 Å². The molecule has 0 atom stereocenters. The summed E-state index contributed by atoms with van der Waals surface area (Å²) in [7, 11) is 0. The van der Waals surface area contributed by atoms with Crippen molar-refractivity contribution in [1.29, 1.82) is 0 Å². The number of H-pyrrole nitrogens is 1. The molecule has 3 rings (SSSR count). The zero-order chi connectivity index (χ0) is 12.4. The van der Waals surface area contributed by atoms with Gasteiger partial charge >= 0.3 is 0 Å². The van der Waals surface area contributed by atoms with E-state index in [9.17, 15) is 0 Å². The van der Waals surface area contributed by atoms with Crippen LogP contribution in [0.1, 0.15) is 5.56 Å². The van der Waals surface area contributed by atoms with E-state index in [1.807, 2.05) is 30.5 Å². The standard InChI is InChI=1S/C15H13ClN2/c16-13-4-1-11(2-5-13)10-18-14-6-3-12-7-8-17-15(12)9-14/h1-9,17-18H,10H2. The molecule has 2 aromatic carbocycles. The van der Waals surface area contributed by atoms with Crippen LogP contribution in [0.5, 0.6) is 0 Å². The molecule has 3 heteroatoms. The van der Waals surface area contributed by atoms with Gasteiger partial charge < -0.3 is 10.3 Å². The second-order valence-electron chi connectivity index (χ2n) is 4.26. The summed E-state index contributed by atoms with van der Waals surface area (Å²) in [4.78, 5) is 3.21. The first kappa shape index (κ1) is 11.2. The molecule has 0 aliphatic rings. The summed E-state index contributed by atoms with van der Waals surface area (Å²) in [5.74, 6) is 0. The smallest absolute Gasteiger partial charge is 0.0474 e. The molecule has 0 aliphatic carbocycles. The van der Waals surface area contributed by atoms with Gasteiger partial charge in [-0.05, 0) is 41.3 Å². The fraction of sp³-hybridized carbons (Fsp3) is 0.0667. The molecule has 1 aromatic heterocycles. The number of fused-ring (bicyclic) bond motifs is 1. The normalized spacial score (nSPS) is 10.7. The maximum absolute atomic E-state index is 5.86. The molecule has 3 aromatic rings. The fourth-order valence-corrected chi connectivity index (χ4v) is 2.09. The summed E-state index contributed by atoms with van der Waals surface area (Å²) >= 11 is 5.86. The van der Waals surface area contributed by atoms with E-state index in [0.717, 1.165) is 22.8 Å². The van der Waals surface area contributed by atoms with Crippen LogP contribution in [0.25, 0.3) is 10.9 Å². The molecule has 0 fully saturated rings. The van der Waals surface area contributed by atoms with Crippen LogP contribution in [0.3, 0.4) is 0 Å². The number of halogens is 1. The van der Waals surface area contributed by atoms with Gasteiger partial charge in [0.25, 0.3) is 0 Å². The predicted molar refractivity (Wildman–Crippen MR) is 77.1 cm³/mol. The number of aromatic nitrogens is 1. The van der Waals surface area contributed by atoms with Gasteiger partial charge in [0.15, 0.2) is 0 Å². The van der Waals surface area contributed by atoms with Crippen LogP contribution in [-0.4, -0.2) is 4.98 Å². The lowest BCUT2D eigenvalue weighted by atomic mass is 10.2. The quantitative estimate of drug-likeness (QED) is 0.713. The number of hydrogen-bond donors (Lipinski definition) is 2. The highest BCUT2D eigenvalue weighted by atomic mass is 35.5. The van der Waals surface area contributed by atoms with Gasteiger partial charge in [-0.3, -0.25) is 0 Å². The van der Waals surface area contributed by atoms with E-state index >= 15 is 0 Å². The van der Waals surface area contributed by atoms with Crippen molar-refractivity contribution in [2.75, 3.05) is 5.32 Å². The Kier molecular flexibility index (Phi) is 2.95. The van der Waals surface area contributed by atoms with Crippen LogP contribution in [-0.2, 0) is 6.54 Å². The van der Waals surface area contributed by atoms with Gasteiger partial charge in [0, 0.05) is 29.0 Å². The Morgan fingerprint density at radius 2 is 1.83 bits per heavy atom.